The Hall–Kier alpha value is -4.74. The van der Waals surface area contributed by atoms with Crippen molar-refractivity contribution in [2.45, 2.75) is 23.7 Å². The maximum atomic E-state index is 13.2. The monoisotopic (exact) mass is 722 g/mol. The average Bonchev–Trinajstić information content (AvgIpc) is 2.94. The van der Waals surface area contributed by atoms with Gasteiger partial charge in [0.1, 0.15) is 21.3 Å². The lowest BCUT2D eigenvalue weighted by molar-refractivity contribution is -0.139. The normalized spacial score (nSPS) is 24.0. The van der Waals surface area contributed by atoms with E-state index < -0.39 is 87.7 Å². The van der Waals surface area contributed by atoms with Gasteiger partial charge in [-0.15, -0.1) is 0 Å². The SMILES string of the molecule is NC1(N=Nc2ccc(O)c(C(F)(F)F)c2)C=CC(=C2C=CC(N)(N=Nc3ccc(O)c(C(F)(F)F)c3)C(S(=O)(=O)O)=C2)C=C1S(=O)(=O)O. The number of rotatable bonds is 6. The molecule has 0 bridgehead atoms. The van der Waals surface area contributed by atoms with E-state index in [1.165, 1.54) is 0 Å². The smallest absolute Gasteiger partial charge is 0.420 e. The molecule has 8 N–H and O–H groups in total. The van der Waals surface area contributed by atoms with Crippen LogP contribution in [-0.2, 0) is 32.6 Å². The highest BCUT2D eigenvalue weighted by Gasteiger charge is 2.41. The van der Waals surface area contributed by atoms with Gasteiger partial charge >= 0.3 is 12.4 Å². The number of phenols is 2. The lowest BCUT2D eigenvalue weighted by Crippen LogP contribution is -2.42. The molecular formula is C26H20F6N6O8S2. The second-order valence-electron chi connectivity index (χ2n) is 9.99. The van der Waals surface area contributed by atoms with E-state index in [9.17, 15) is 62.5 Å². The molecule has 0 saturated carbocycles. The van der Waals surface area contributed by atoms with Crippen LogP contribution in [0.4, 0.5) is 37.7 Å². The second-order valence-corrected chi connectivity index (χ2v) is 12.8. The van der Waals surface area contributed by atoms with E-state index in [1.807, 2.05) is 0 Å². The van der Waals surface area contributed by atoms with E-state index in [1.54, 1.807) is 0 Å². The summed E-state index contributed by atoms with van der Waals surface area (Å²) in [5.74, 6) is -2.26. The van der Waals surface area contributed by atoms with Gasteiger partial charge in [0.05, 0.1) is 22.5 Å². The molecule has 0 radical (unpaired) electrons. The van der Waals surface area contributed by atoms with Crippen molar-refractivity contribution in [2.75, 3.05) is 0 Å². The Morgan fingerprint density at radius 1 is 0.625 bits per heavy atom. The fourth-order valence-electron chi connectivity index (χ4n) is 4.20. The number of phenolic OH excluding ortho intramolecular Hbond substituents is 2. The van der Waals surface area contributed by atoms with Gasteiger partial charge in [-0.25, -0.2) is 0 Å². The van der Waals surface area contributed by atoms with Crippen molar-refractivity contribution in [3.63, 3.8) is 0 Å². The molecule has 2 aromatic carbocycles. The minimum absolute atomic E-state index is 0.215. The van der Waals surface area contributed by atoms with Gasteiger partial charge in [-0.2, -0.15) is 63.6 Å². The number of halogens is 6. The second kappa shape index (κ2) is 12.1. The van der Waals surface area contributed by atoms with E-state index >= 15 is 0 Å². The third-order valence-electron chi connectivity index (χ3n) is 6.52. The van der Waals surface area contributed by atoms with Crippen molar-refractivity contribution in [3.8, 4) is 11.5 Å². The van der Waals surface area contributed by atoms with Crippen LogP contribution in [0.15, 0.2) is 114 Å². The Kier molecular flexibility index (Phi) is 9.07. The van der Waals surface area contributed by atoms with Crippen LogP contribution in [0.1, 0.15) is 11.1 Å². The molecule has 0 heterocycles. The number of alkyl halides is 6. The predicted molar refractivity (Wildman–Crippen MR) is 154 cm³/mol. The highest BCUT2D eigenvalue weighted by atomic mass is 32.2. The van der Waals surface area contributed by atoms with Crippen molar-refractivity contribution >= 4 is 31.6 Å². The van der Waals surface area contributed by atoms with E-state index in [0.29, 0.717) is 36.4 Å². The third kappa shape index (κ3) is 7.69. The molecule has 0 saturated heterocycles. The van der Waals surface area contributed by atoms with Crippen LogP contribution in [0.3, 0.4) is 0 Å². The van der Waals surface area contributed by atoms with Crippen molar-refractivity contribution in [2.24, 2.45) is 31.9 Å². The van der Waals surface area contributed by atoms with Crippen LogP contribution in [0.5, 0.6) is 11.5 Å². The highest BCUT2D eigenvalue weighted by Crippen LogP contribution is 2.41. The van der Waals surface area contributed by atoms with Crippen molar-refractivity contribution < 1.29 is 62.5 Å². The van der Waals surface area contributed by atoms with E-state index in [4.69, 9.17) is 11.5 Å². The topological polar surface area (TPSA) is 251 Å². The number of nitrogens with two attached hydrogens (primary N) is 2. The quantitative estimate of drug-likeness (QED) is 0.128. The van der Waals surface area contributed by atoms with Gasteiger partial charge in [-0.1, -0.05) is 12.2 Å². The van der Waals surface area contributed by atoms with Gasteiger partial charge in [0, 0.05) is 0 Å². The molecule has 2 atom stereocenters. The molecule has 0 amide bonds. The summed E-state index contributed by atoms with van der Waals surface area (Å²) >= 11 is 0. The zero-order valence-electron chi connectivity index (χ0n) is 23.4. The van der Waals surface area contributed by atoms with Gasteiger partial charge in [0.2, 0.25) is 0 Å². The summed E-state index contributed by atoms with van der Waals surface area (Å²) in [4.78, 5) is -2.18. The lowest BCUT2D eigenvalue weighted by atomic mass is 9.93. The van der Waals surface area contributed by atoms with Gasteiger partial charge in [-0.05, 0) is 71.8 Å². The van der Waals surface area contributed by atoms with Crippen LogP contribution in [0.25, 0.3) is 0 Å². The lowest BCUT2D eigenvalue weighted by Gasteiger charge is -2.27. The van der Waals surface area contributed by atoms with Crippen molar-refractivity contribution in [1.29, 1.82) is 0 Å². The van der Waals surface area contributed by atoms with Gasteiger partial charge in [0.15, 0.2) is 11.3 Å². The molecule has 22 heteroatoms. The summed E-state index contributed by atoms with van der Waals surface area (Å²) in [5.41, 5.74) is 2.50. The van der Waals surface area contributed by atoms with Crippen molar-refractivity contribution in [1.82, 2.24) is 0 Å². The van der Waals surface area contributed by atoms with Crippen LogP contribution in [0.2, 0.25) is 0 Å². The Balaban J connectivity index is 1.76. The van der Waals surface area contributed by atoms with Crippen LogP contribution >= 0.6 is 0 Å². The molecule has 2 aliphatic rings. The first kappa shape index (κ1) is 36.1. The van der Waals surface area contributed by atoms with E-state index in [2.05, 4.69) is 20.5 Å². The average molecular weight is 723 g/mol. The molecule has 4 rings (SSSR count). The Morgan fingerprint density at radius 3 is 1.25 bits per heavy atom. The molecule has 48 heavy (non-hydrogen) atoms. The summed E-state index contributed by atoms with van der Waals surface area (Å²) in [6, 6.07) is 3.87. The predicted octanol–water partition coefficient (Wildman–Crippen LogP) is 5.29. The Morgan fingerprint density at radius 2 is 0.958 bits per heavy atom. The van der Waals surface area contributed by atoms with E-state index in [0.717, 1.165) is 36.4 Å². The van der Waals surface area contributed by atoms with Crippen LogP contribution < -0.4 is 11.5 Å². The first-order valence-corrected chi connectivity index (χ1v) is 15.5. The van der Waals surface area contributed by atoms with Gasteiger partial charge < -0.3 is 10.2 Å². The standard InChI is InChI=1S/C26H20F6N6O8S2/c27-25(28,29)17-11-15(1-3-19(17)39)35-37-23(33)7-5-13(9-21(23)47(41,42)43)14-6-8-24(34,22(10-14)48(44,45)46)38-36-16-2-4-20(40)18(12-16)26(30,31)32/h1-12,39-40H,33-34H2,(H,41,42,43)(H,44,45,46). The minimum Gasteiger partial charge on any atom is -0.507 e. The molecule has 0 fully saturated rings. The largest absolute Gasteiger partial charge is 0.507 e. The molecule has 14 nitrogen and oxygen atoms in total. The molecule has 0 aromatic heterocycles. The number of azo groups is 2. The maximum absolute atomic E-state index is 13.2. The summed E-state index contributed by atoms with van der Waals surface area (Å²) < 4.78 is 148. The fourth-order valence-corrected chi connectivity index (χ4v) is 5.80. The maximum Gasteiger partial charge on any atom is 0.420 e. The fraction of sp³-hybridized carbons (Fsp3) is 0.154. The molecule has 0 aliphatic heterocycles. The van der Waals surface area contributed by atoms with Crippen LogP contribution in [0, 0.1) is 0 Å². The Labute approximate surface area is 266 Å². The molecule has 2 unspecified atom stereocenters. The first-order chi connectivity index (χ1) is 21.8. The highest BCUT2D eigenvalue weighted by molar-refractivity contribution is 7.90. The number of allylic oxidation sites excluding steroid dienone is 6. The summed E-state index contributed by atoms with van der Waals surface area (Å²) in [6.07, 6.45) is -4.84. The number of hydrogen-bond donors (Lipinski definition) is 6. The number of hydrogen-bond acceptors (Lipinski definition) is 12. The number of benzene rings is 2. The summed E-state index contributed by atoms with van der Waals surface area (Å²) in [5, 5.41) is 33.1. The molecule has 2 aliphatic carbocycles. The third-order valence-corrected chi connectivity index (χ3v) is 8.52. The van der Waals surface area contributed by atoms with E-state index in [-0.39, 0.29) is 11.1 Å². The zero-order chi connectivity index (χ0) is 36.1. The van der Waals surface area contributed by atoms with Crippen LogP contribution in [-0.4, -0.2) is 47.5 Å². The first-order valence-electron chi connectivity index (χ1n) is 12.6. The summed E-state index contributed by atoms with van der Waals surface area (Å²) in [6.45, 7) is 0. The summed E-state index contributed by atoms with van der Waals surface area (Å²) in [7, 11) is -10.5. The number of aromatic hydroxyl groups is 2. The van der Waals surface area contributed by atoms with Crippen molar-refractivity contribution in [3.05, 3.63) is 105 Å². The molecule has 0 spiro atoms. The number of nitrogens with zero attached hydrogens (tertiary/aromatic N) is 4. The molecular weight excluding hydrogens is 702 g/mol. The Bertz CT molecular complexity index is 1970. The van der Waals surface area contributed by atoms with Gasteiger partial charge in [-0.3, -0.25) is 20.6 Å². The zero-order valence-corrected chi connectivity index (χ0v) is 25.0. The molecule has 2 aromatic rings. The molecule has 256 valence electrons. The minimum atomic E-state index is -5.26. The van der Waals surface area contributed by atoms with Gasteiger partial charge in [0.25, 0.3) is 20.2 Å².